The van der Waals surface area contributed by atoms with Crippen LogP contribution in [0.15, 0.2) is 12.4 Å². The summed E-state index contributed by atoms with van der Waals surface area (Å²) < 4.78 is 0. The molecule has 0 aromatic carbocycles. The van der Waals surface area contributed by atoms with Crippen molar-refractivity contribution in [2.75, 3.05) is 11.2 Å². The molecule has 0 saturated heterocycles. The van der Waals surface area contributed by atoms with Crippen molar-refractivity contribution in [3.05, 3.63) is 17.3 Å². The molecular weight excluding hydrogens is 254 g/mol. The molecule has 0 aliphatic carbocycles. The smallest absolute Gasteiger partial charge is 0.138 e. The Balaban J connectivity index is 2.42. The highest BCUT2D eigenvalue weighted by Crippen LogP contribution is 2.29. The highest BCUT2D eigenvalue weighted by molar-refractivity contribution is 7.18. The minimum absolute atomic E-state index is 0.126. The summed E-state index contributed by atoms with van der Waals surface area (Å²) in [5.74, 6) is 1.43. The number of thiophene rings is 1. The average Bonchev–Trinajstić information content (AvgIpc) is 2.70. The van der Waals surface area contributed by atoms with Gasteiger partial charge < -0.3 is 5.32 Å². The number of alkyl halides is 1. The maximum atomic E-state index is 6.01. The van der Waals surface area contributed by atoms with E-state index >= 15 is 0 Å². The van der Waals surface area contributed by atoms with E-state index in [1.165, 1.54) is 4.88 Å². The Morgan fingerprint density at radius 1 is 1.47 bits per heavy atom. The summed E-state index contributed by atoms with van der Waals surface area (Å²) in [6.07, 6.45) is 2.55. The molecule has 0 bridgehead atoms. The van der Waals surface area contributed by atoms with Crippen molar-refractivity contribution in [3.8, 4) is 0 Å². The molecule has 1 N–H and O–H groups in total. The number of nitrogens with zero attached hydrogens (tertiary/aromatic N) is 2. The molecule has 5 heteroatoms. The first-order valence-corrected chi connectivity index (χ1v) is 6.98. The van der Waals surface area contributed by atoms with E-state index in [-0.39, 0.29) is 5.54 Å². The van der Waals surface area contributed by atoms with Crippen LogP contribution in [-0.2, 0) is 0 Å². The lowest BCUT2D eigenvalue weighted by Crippen LogP contribution is -2.36. The van der Waals surface area contributed by atoms with Crippen LogP contribution in [0, 0.1) is 6.92 Å². The van der Waals surface area contributed by atoms with Crippen LogP contribution < -0.4 is 5.32 Å². The van der Waals surface area contributed by atoms with Crippen molar-refractivity contribution in [2.45, 2.75) is 32.7 Å². The van der Waals surface area contributed by atoms with Gasteiger partial charge in [-0.2, -0.15) is 0 Å². The molecule has 2 aromatic heterocycles. The van der Waals surface area contributed by atoms with Gasteiger partial charge in [-0.15, -0.1) is 22.9 Å². The molecule has 0 fully saturated rings. The summed E-state index contributed by atoms with van der Waals surface area (Å²) in [5.41, 5.74) is -0.126. The molecule has 0 aliphatic rings. The number of aryl methyl sites for hydroxylation is 1. The van der Waals surface area contributed by atoms with Gasteiger partial charge in [0.05, 0.1) is 5.39 Å². The van der Waals surface area contributed by atoms with E-state index in [2.05, 4.69) is 42.1 Å². The zero-order valence-electron chi connectivity index (χ0n) is 10.2. The minimum atomic E-state index is -0.126. The number of rotatable bonds is 4. The molecule has 0 saturated carbocycles. The molecule has 92 valence electrons. The Morgan fingerprint density at radius 3 is 2.88 bits per heavy atom. The van der Waals surface area contributed by atoms with E-state index in [0.29, 0.717) is 5.88 Å². The van der Waals surface area contributed by atoms with Gasteiger partial charge in [-0.1, -0.05) is 6.92 Å². The average molecular weight is 270 g/mol. The fourth-order valence-corrected chi connectivity index (χ4v) is 2.68. The Hall–Kier alpha value is -0.870. The quantitative estimate of drug-likeness (QED) is 0.858. The number of aromatic nitrogens is 2. The number of hydrogen-bond acceptors (Lipinski definition) is 4. The van der Waals surface area contributed by atoms with Gasteiger partial charge in [0, 0.05) is 16.3 Å². The molecule has 2 aromatic rings. The second-order valence-corrected chi connectivity index (χ2v) is 5.97. The van der Waals surface area contributed by atoms with E-state index in [1.54, 1.807) is 17.7 Å². The topological polar surface area (TPSA) is 37.8 Å². The predicted octanol–water partition coefficient (Wildman–Crippen LogP) is 3.82. The van der Waals surface area contributed by atoms with Crippen molar-refractivity contribution in [3.63, 3.8) is 0 Å². The normalized spacial score (nSPS) is 14.8. The molecule has 0 spiro atoms. The number of halogens is 1. The SMILES string of the molecule is CCC(C)(CCl)Nc1ncnc2sc(C)cc12. The van der Waals surface area contributed by atoms with Crippen molar-refractivity contribution < 1.29 is 0 Å². The van der Waals surface area contributed by atoms with Gasteiger partial charge >= 0.3 is 0 Å². The van der Waals surface area contributed by atoms with Crippen LogP contribution >= 0.6 is 22.9 Å². The van der Waals surface area contributed by atoms with E-state index in [4.69, 9.17) is 11.6 Å². The summed E-state index contributed by atoms with van der Waals surface area (Å²) in [6, 6.07) is 2.12. The number of nitrogens with one attached hydrogen (secondary N) is 1. The Kier molecular flexibility index (Phi) is 3.54. The number of fused-ring (bicyclic) bond motifs is 1. The van der Waals surface area contributed by atoms with Gasteiger partial charge in [-0.05, 0) is 26.3 Å². The maximum absolute atomic E-state index is 6.01. The maximum Gasteiger partial charge on any atom is 0.138 e. The highest BCUT2D eigenvalue weighted by atomic mass is 35.5. The molecule has 2 heterocycles. The zero-order chi connectivity index (χ0) is 12.5. The largest absolute Gasteiger partial charge is 0.363 e. The van der Waals surface area contributed by atoms with Gasteiger partial charge in [0.1, 0.15) is 17.0 Å². The van der Waals surface area contributed by atoms with Crippen LogP contribution in [0.1, 0.15) is 25.1 Å². The van der Waals surface area contributed by atoms with E-state index in [9.17, 15) is 0 Å². The van der Waals surface area contributed by atoms with Gasteiger partial charge in [-0.3, -0.25) is 0 Å². The monoisotopic (exact) mass is 269 g/mol. The lowest BCUT2D eigenvalue weighted by atomic mass is 10.0. The van der Waals surface area contributed by atoms with Crippen molar-refractivity contribution in [1.82, 2.24) is 9.97 Å². The second kappa shape index (κ2) is 4.78. The first-order valence-electron chi connectivity index (χ1n) is 5.63. The third-order valence-electron chi connectivity index (χ3n) is 2.95. The van der Waals surface area contributed by atoms with Gasteiger partial charge in [0.15, 0.2) is 0 Å². The molecule has 0 amide bonds. The zero-order valence-corrected chi connectivity index (χ0v) is 11.8. The van der Waals surface area contributed by atoms with Crippen LogP contribution in [0.3, 0.4) is 0 Å². The van der Waals surface area contributed by atoms with E-state index in [1.807, 2.05) is 0 Å². The molecule has 1 unspecified atom stereocenters. The summed E-state index contributed by atoms with van der Waals surface area (Å²) in [7, 11) is 0. The molecule has 17 heavy (non-hydrogen) atoms. The summed E-state index contributed by atoms with van der Waals surface area (Å²) in [6.45, 7) is 6.30. The Morgan fingerprint density at radius 2 is 2.24 bits per heavy atom. The lowest BCUT2D eigenvalue weighted by molar-refractivity contribution is 0.552. The van der Waals surface area contributed by atoms with E-state index < -0.39 is 0 Å². The molecule has 2 rings (SSSR count). The van der Waals surface area contributed by atoms with E-state index in [0.717, 1.165) is 22.5 Å². The highest BCUT2D eigenvalue weighted by Gasteiger charge is 2.22. The van der Waals surface area contributed by atoms with Crippen molar-refractivity contribution >= 4 is 39.0 Å². The molecular formula is C12H16ClN3S. The standard InChI is InChI=1S/C12H16ClN3S/c1-4-12(3,6-13)16-10-9-5-8(2)17-11(9)15-7-14-10/h5,7H,4,6H2,1-3H3,(H,14,15,16). The summed E-state index contributed by atoms with van der Waals surface area (Å²) in [5, 5.41) is 4.52. The second-order valence-electron chi connectivity index (χ2n) is 4.47. The van der Waals surface area contributed by atoms with Gasteiger partial charge in [-0.25, -0.2) is 9.97 Å². The van der Waals surface area contributed by atoms with Crippen LogP contribution in [0.4, 0.5) is 5.82 Å². The fourth-order valence-electron chi connectivity index (χ4n) is 1.58. The van der Waals surface area contributed by atoms with Gasteiger partial charge in [0.2, 0.25) is 0 Å². The first-order chi connectivity index (χ1) is 8.08. The molecule has 1 atom stereocenters. The molecule has 0 radical (unpaired) electrons. The van der Waals surface area contributed by atoms with Crippen molar-refractivity contribution in [1.29, 1.82) is 0 Å². The van der Waals surface area contributed by atoms with Crippen LogP contribution in [-0.4, -0.2) is 21.4 Å². The van der Waals surface area contributed by atoms with Crippen LogP contribution in [0.2, 0.25) is 0 Å². The third-order valence-corrected chi connectivity index (χ3v) is 4.50. The Bertz CT molecular complexity index is 519. The summed E-state index contributed by atoms with van der Waals surface area (Å²) >= 11 is 7.70. The number of hydrogen-bond donors (Lipinski definition) is 1. The van der Waals surface area contributed by atoms with Crippen LogP contribution in [0.25, 0.3) is 10.2 Å². The summed E-state index contributed by atoms with van der Waals surface area (Å²) in [4.78, 5) is 10.9. The number of anilines is 1. The van der Waals surface area contributed by atoms with Crippen LogP contribution in [0.5, 0.6) is 0 Å². The minimum Gasteiger partial charge on any atom is -0.363 e. The van der Waals surface area contributed by atoms with Gasteiger partial charge in [0.25, 0.3) is 0 Å². The molecule has 3 nitrogen and oxygen atoms in total. The Labute approximate surface area is 110 Å². The predicted molar refractivity (Wildman–Crippen MR) is 75.2 cm³/mol. The first kappa shape index (κ1) is 12.6. The third kappa shape index (κ3) is 2.53. The fraction of sp³-hybridized carbons (Fsp3) is 0.500. The molecule has 0 aliphatic heterocycles. The van der Waals surface area contributed by atoms with Crippen molar-refractivity contribution in [2.24, 2.45) is 0 Å². The lowest BCUT2D eigenvalue weighted by Gasteiger charge is -2.27.